The smallest absolute Gasteiger partial charge is 0.268 e. The standard InChI is InChI=1S/C21H18N2O5/c1-9(2)17(24)23-20(27)13-7-5-11-15-12(6-8-14(16(13)15)21(23)28)19(26)22(10(3)4)18(11)25/h5-10H,1-4H3. The van der Waals surface area contributed by atoms with E-state index in [1.807, 2.05) is 0 Å². The van der Waals surface area contributed by atoms with Gasteiger partial charge in [0.05, 0.1) is 0 Å². The van der Waals surface area contributed by atoms with Gasteiger partial charge in [-0.2, -0.15) is 0 Å². The molecule has 4 rings (SSSR count). The minimum absolute atomic E-state index is 0.141. The summed E-state index contributed by atoms with van der Waals surface area (Å²) in [7, 11) is 0. The number of carbonyl (C=O) groups excluding carboxylic acids is 5. The van der Waals surface area contributed by atoms with Crippen molar-refractivity contribution < 1.29 is 24.0 Å². The number of nitrogens with zero attached hydrogens (tertiary/aromatic N) is 2. The molecule has 0 radical (unpaired) electrons. The summed E-state index contributed by atoms with van der Waals surface area (Å²) < 4.78 is 0. The molecular formula is C21H18N2O5. The lowest BCUT2D eigenvalue weighted by molar-refractivity contribution is -0.129. The fraction of sp³-hybridized carbons (Fsp3) is 0.286. The zero-order valence-electron chi connectivity index (χ0n) is 15.9. The van der Waals surface area contributed by atoms with Gasteiger partial charge in [0.25, 0.3) is 23.6 Å². The average molecular weight is 378 g/mol. The van der Waals surface area contributed by atoms with Crippen LogP contribution in [0.15, 0.2) is 24.3 Å². The first kappa shape index (κ1) is 18.0. The number of benzene rings is 2. The van der Waals surface area contributed by atoms with E-state index in [2.05, 4.69) is 0 Å². The van der Waals surface area contributed by atoms with Crippen LogP contribution < -0.4 is 0 Å². The van der Waals surface area contributed by atoms with Crippen LogP contribution in [0.25, 0.3) is 10.8 Å². The van der Waals surface area contributed by atoms with E-state index in [-0.39, 0.29) is 33.7 Å². The summed E-state index contributed by atoms with van der Waals surface area (Å²) in [5.74, 6) is -3.51. The molecule has 7 nitrogen and oxygen atoms in total. The predicted octanol–water partition coefficient (Wildman–Crippen LogP) is 2.62. The maximum Gasteiger partial charge on any atom is 0.268 e. The Bertz CT molecular complexity index is 1060. The molecule has 0 unspecified atom stereocenters. The van der Waals surface area contributed by atoms with Crippen LogP contribution in [0.3, 0.4) is 0 Å². The Morgan fingerprint density at radius 3 is 1.36 bits per heavy atom. The lowest BCUT2D eigenvalue weighted by Crippen LogP contribution is -2.48. The molecule has 0 aliphatic carbocycles. The first-order valence-corrected chi connectivity index (χ1v) is 9.07. The molecule has 2 aliphatic rings. The van der Waals surface area contributed by atoms with Gasteiger partial charge >= 0.3 is 0 Å². The minimum atomic E-state index is -0.730. The molecule has 0 spiro atoms. The molecule has 5 amide bonds. The third-order valence-corrected chi connectivity index (χ3v) is 5.16. The molecule has 0 saturated heterocycles. The van der Waals surface area contributed by atoms with Crippen LogP contribution in [0.4, 0.5) is 0 Å². The van der Waals surface area contributed by atoms with Crippen LogP contribution in [0, 0.1) is 5.92 Å². The highest BCUT2D eigenvalue weighted by Crippen LogP contribution is 2.38. The van der Waals surface area contributed by atoms with E-state index in [0.717, 1.165) is 0 Å². The van der Waals surface area contributed by atoms with Gasteiger partial charge in [0.15, 0.2) is 0 Å². The molecule has 0 atom stereocenters. The fourth-order valence-electron chi connectivity index (χ4n) is 3.82. The van der Waals surface area contributed by atoms with E-state index in [0.29, 0.717) is 10.3 Å². The second kappa shape index (κ2) is 5.82. The highest BCUT2D eigenvalue weighted by Gasteiger charge is 2.42. The Morgan fingerprint density at radius 1 is 0.679 bits per heavy atom. The van der Waals surface area contributed by atoms with Crippen molar-refractivity contribution in [3.05, 3.63) is 46.5 Å². The summed E-state index contributed by atoms with van der Waals surface area (Å²) in [6, 6.07) is 5.54. The number of imide groups is 4. The van der Waals surface area contributed by atoms with Gasteiger partial charge in [0.1, 0.15) is 0 Å². The Balaban J connectivity index is 2.03. The van der Waals surface area contributed by atoms with E-state index in [9.17, 15) is 24.0 Å². The van der Waals surface area contributed by atoms with Gasteiger partial charge < -0.3 is 0 Å². The number of carbonyl (C=O) groups is 5. The van der Waals surface area contributed by atoms with Crippen molar-refractivity contribution in [2.75, 3.05) is 0 Å². The fourth-order valence-corrected chi connectivity index (χ4v) is 3.82. The van der Waals surface area contributed by atoms with Crippen LogP contribution in [0.1, 0.15) is 69.1 Å². The third kappa shape index (κ3) is 2.13. The molecule has 142 valence electrons. The Kier molecular flexibility index (Phi) is 3.75. The maximum atomic E-state index is 12.9. The van der Waals surface area contributed by atoms with Crippen molar-refractivity contribution in [1.29, 1.82) is 0 Å². The third-order valence-electron chi connectivity index (χ3n) is 5.16. The second-order valence-corrected chi connectivity index (χ2v) is 7.58. The van der Waals surface area contributed by atoms with Gasteiger partial charge in [-0.1, -0.05) is 13.8 Å². The molecular weight excluding hydrogens is 360 g/mol. The molecule has 2 heterocycles. The van der Waals surface area contributed by atoms with E-state index < -0.39 is 35.5 Å². The molecule has 0 N–H and O–H groups in total. The van der Waals surface area contributed by atoms with Gasteiger partial charge in [0, 0.05) is 45.0 Å². The normalized spacial score (nSPS) is 16.1. The molecule has 0 fully saturated rings. The summed E-state index contributed by atoms with van der Waals surface area (Å²) in [6.07, 6.45) is 0. The molecule has 7 heteroatoms. The SMILES string of the molecule is CC(C)C(=O)N1C(=O)c2ccc3c4c(ccc(c24)C1=O)C(=O)N(C(C)C)C3=O. The second-order valence-electron chi connectivity index (χ2n) is 7.58. The van der Waals surface area contributed by atoms with E-state index in [1.54, 1.807) is 27.7 Å². The summed E-state index contributed by atoms with van der Waals surface area (Å²) in [5.41, 5.74) is 0.826. The van der Waals surface area contributed by atoms with Crippen molar-refractivity contribution in [1.82, 2.24) is 9.80 Å². The molecule has 0 aromatic heterocycles. The van der Waals surface area contributed by atoms with Crippen LogP contribution in [0.2, 0.25) is 0 Å². The van der Waals surface area contributed by atoms with Crippen LogP contribution in [-0.2, 0) is 4.79 Å². The molecule has 28 heavy (non-hydrogen) atoms. The lowest BCUT2D eigenvalue weighted by Gasteiger charge is -2.33. The predicted molar refractivity (Wildman–Crippen MR) is 99.9 cm³/mol. The minimum Gasteiger partial charge on any atom is -0.274 e. The van der Waals surface area contributed by atoms with Gasteiger partial charge in [-0.15, -0.1) is 0 Å². The number of amides is 5. The topological polar surface area (TPSA) is 91.8 Å². The lowest BCUT2D eigenvalue weighted by atomic mass is 9.85. The average Bonchev–Trinajstić information content (AvgIpc) is 2.64. The first-order chi connectivity index (χ1) is 13.2. The summed E-state index contributed by atoms with van der Waals surface area (Å²) in [6.45, 7) is 6.70. The van der Waals surface area contributed by atoms with Crippen molar-refractivity contribution in [2.45, 2.75) is 33.7 Å². The number of hydrogen-bond donors (Lipinski definition) is 0. The molecule has 2 aliphatic heterocycles. The van der Waals surface area contributed by atoms with Gasteiger partial charge in [0.2, 0.25) is 5.91 Å². The van der Waals surface area contributed by atoms with Crippen molar-refractivity contribution in [3.63, 3.8) is 0 Å². The van der Waals surface area contributed by atoms with E-state index >= 15 is 0 Å². The van der Waals surface area contributed by atoms with Crippen molar-refractivity contribution in [2.24, 2.45) is 5.92 Å². The van der Waals surface area contributed by atoms with Crippen LogP contribution in [0.5, 0.6) is 0 Å². The summed E-state index contributed by atoms with van der Waals surface area (Å²) >= 11 is 0. The van der Waals surface area contributed by atoms with Crippen molar-refractivity contribution >= 4 is 40.3 Å². The maximum absolute atomic E-state index is 12.9. The quantitative estimate of drug-likeness (QED) is 0.749. The zero-order chi connectivity index (χ0) is 20.5. The van der Waals surface area contributed by atoms with Gasteiger partial charge in [-0.3, -0.25) is 28.9 Å². The highest BCUT2D eigenvalue weighted by atomic mass is 16.2. The number of rotatable bonds is 2. The molecule has 2 aromatic rings. The largest absolute Gasteiger partial charge is 0.274 e. The van der Waals surface area contributed by atoms with Crippen molar-refractivity contribution in [3.8, 4) is 0 Å². The van der Waals surface area contributed by atoms with E-state index in [1.165, 1.54) is 29.2 Å². The summed E-state index contributed by atoms with van der Waals surface area (Å²) in [4.78, 5) is 65.9. The molecule has 0 bridgehead atoms. The molecule has 0 saturated carbocycles. The van der Waals surface area contributed by atoms with Gasteiger partial charge in [-0.05, 0) is 38.1 Å². The Labute approximate surface area is 160 Å². The van der Waals surface area contributed by atoms with Crippen LogP contribution in [-0.4, -0.2) is 45.4 Å². The van der Waals surface area contributed by atoms with Gasteiger partial charge in [-0.25, -0.2) is 4.90 Å². The first-order valence-electron chi connectivity index (χ1n) is 9.07. The van der Waals surface area contributed by atoms with E-state index in [4.69, 9.17) is 0 Å². The number of hydrogen-bond acceptors (Lipinski definition) is 5. The summed E-state index contributed by atoms with van der Waals surface area (Å²) in [5, 5.41) is 0.572. The monoisotopic (exact) mass is 378 g/mol. The van der Waals surface area contributed by atoms with Crippen LogP contribution >= 0.6 is 0 Å². The highest BCUT2D eigenvalue weighted by molar-refractivity contribution is 6.36. The zero-order valence-corrected chi connectivity index (χ0v) is 15.9. The Morgan fingerprint density at radius 2 is 1.04 bits per heavy atom. The molecule has 2 aromatic carbocycles. The Hall–Kier alpha value is -3.35.